The highest BCUT2D eigenvalue weighted by Crippen LogP contribution is 2.23. The minimum absolute atomic E-state index is 0.305. The van der Waals surface area contributed by atoms with Crippen molar-refractivity contribution in [2.24, 2.45) is 0 Å². The predicted octanol–water partition coefficient (Wildman–Crippen LogP) is 0.506. The standard InChI is InChI=1S/C10H20N2O2S/c1-2-8-15(13,14)12-7-6-11-5-3-4-10(11)9-12/h10H,2-9H2,1H3/t10-/m0/s1. The first-order chi connectivity index (χ1) is 7.13. The van der Waals surface area contributed by atoms with E-state index in [0.29, 0.717) is 24.8 Å². The van der Waals surface area contributed by atoms with E-state index in [4.69, 9.17) is 0 Å². The quantitative estimate of drug-likeness (QED) is 0.712. The fraction of sp³-hybridized carbons (Fsp3) is 1.00. The van der Waals surface area contributed by atoms with E-state index >= 15 is 0 Å². The maximum Gasteiger partial charge on any atom is 0.214 e. The third kappa shape index (κ3) is 2.34. The molecular weight excluding hydrogens is 212 g/mol. The van der Waals surface area contributed by atoms with E-state index < -0.39 is 10.0 Å². The number of hydrogen-bond acceptors (Lipinski definition) is 3. The lowest BCUT2D eigenvalue weighted by atomic mass is 10.2. The molecule has 0 aromatic rings. The van der Waals surface area contributed by atoms with Crippen LogP contribution in [0.1, 0.15) is 26.2 Å². The lowest BCUT2D eigenvalue weighted by Gasteiger charge is -2.36. The first-order valence-electron chi connectivity index (χ1n) is 5.85. The largest absolute Gasteiger partial charge is 0.298 e. The second-order valence-corrected chi connectivity index (χ2v) is 6.59. The molecule has 2 heterocycles. The van der Waals surface area contributed by atoms with Crippen LogP contribution in [0.5, 0.6) is 0 Å². The molecule has 0 N–H and O–H groups in total. The molecule has 0 aromatic heterocycles. The normalized spacial score (nSPS) is 29.3. The summed E-state index contributed by atoms with van der Waals surface area (Å²) in [5.74, 6) is 0.305. The Morgan fingerprint density at radius 2 is 2.07 bits per heavy atom. The Hall–Kier alpha value is -0.130. The number of rotatable bonds is 3. The molecule has 4 nitrogen and oxygen atoms in total. The molecule has 0 aliphatic carbocycles. The van der Waals surface area contributed by atoms with Gasteiger partial charge in [-0.15, -0.1) is 0 Å². The van der Waals surface area contributed by atoms with Crippen LogP contribution in [0.25, 0.3) is 0 Å². The zero-order valence-corrected chi connectivity index (χ0v) is 10.2. The summed E-state index contributed by atoms with van der Waals surface area (Å²) in [6, 6.07) is 0.491. The first-order valence-corrected chi connectivity index (χ1v) is 7.46. The van der Waals surface area contributed by atoms with Crippen LogP contribution in [-0.2, 0) is 10.0 Å². The van der Waals surface area contributed by atoms with Gasteiger partial charge in [-0.25, -0.2) is 8.42 Å². The summed E-state index contributed by atoms with van der Waals surface area (Å²) in [5.41, 5.74) is 0. The molecule has 0 amide bonds. The minimum atomic E-state index is -2.97. The van der Waals surface area contributed by atoms with Crippen molar-refractivity contribution in [3.05, 3.63) is 0 Å². The number of sulfonamides is 1. The summed E-state index contributed by atoms with van der Waals surface area (Å²) in [5, 5.41) is 0. The summed E-state index contributed by atoms with van der Waals surface area (Å²) in [6.45, 7) is 5.42. The average Bonchev–Trinajstić information content (AvgIpc) is 2.63. The van der Waals surface area contributed by atoms with Crippen LogP contribution in [0.15, 0.2) is 0 Å². The maximum atomic E-state index is 11.9. The van der Waals surface area contributed by atoms with Crippen LogP contribution in [0, 0.1) is 0 Å². The Kier molecular flexibility index (Phi) is 3.33. The summed E-state index contributed by atoms with van der Waals surface area (Å²) in [7, 11) is -2.97. The highest BCUT2D eigenvalue weighted by molar-refractivity contribution is 7.89. The van der Waals surface area contributed by atoms with Gasteiger partial charge in [0.15, 0.2) is 0 Å². The molecule has 5 heteroatoms. The zero-order valence-electron chi connectivity index (χ0n) is 9.35. The summed E-state index contributed by atoms with van der Waals surface area (Å²) < 4.78 is 25.5. The fourth-order valence-electron chi connectivity index (χ4n) is 2.60. The van der Waals surface area contributed by atoms with Crippen molar-refractivity contribution >= 4 is 10.0 Å². The van der Waals surface area contributed by atoms with Crippen molar-refractivity contribution < 1.29 is 8.42 Å². The predicted molar refractivity (Wildman–Crippen MR) is 60.2 cm³/mol. The van der Waals surface area contributed by atoms with E-state index in [1.54, 1.807) is 4.31 Å². The first kappa shape index (κ1) is 11.4. The van der Waals surface area contributed by atoms with E-state index in [0.717, 1.165) is 26.1 Å². The van der Waals surface area contributed by atoms with Crippen LogP contribution in [-0.4, -0.2) is 55.6 Å². The molecule has 0 spiro atoms. The third-order valence-electron chi connectivity index (χ3n) is 3.41. The van der Waals surface area contributed by atoms with Gasteiger partial charge < -0.3 is 0 Å². The second-order valence-electron chi connectivity index (χ2n) is 4.51. The Balaban J connectivity index is 2.00. The summed E-state index contributed by atoms with van der Waals surface area (Å²) in [4.78, 5) is 2.43. The molecule has 2 rings (SSSR count). The van der Waals surface area contributed by atoms with Crippen molar-refractivity contribution in [3.63, 3.8) is 0 Å². The molecule has 0 radical (unpaired) electrons. The SMILES string of the molecule is CCCS(=O)(=O)N1CCN2CCC[C@H]2C1. The van der Waals surface area contributed by atoms with Gasteiger partial charge in [0, 0.05) is 25.7 Å². The fourth-order valence-corrected chi connectivity index (χ4v) is 4.14. The van der Waals surface area contributed by atoms with Crippen molar-refractivity contribution in [2.75, 3.05) is 31.9 Å². The Labute approximate surface area is 92.3 Å². The van der Waals surface area contributed by atoms with Gasteiger partial charge in [0.25, 0.3) is 0 Å². The molecule has 2 aliphatic heterocycles. The second kappa shape index (κ2) is 4.39. The molecular formula is C10H20N2O2S. The van der Waals surface area contributed by atoms with Crippen molar-refractivity contribution in [3.8, 4) is 0 Å². The average molecular weight is 232 g/mol. The number of hydrogen-bond donors (Lipinski definition) is 0. The monoisotopic (exact) mass is 232 g/mol. The number of nitrogens with zero attached hydrogens (tertiary/aromatic N) is 2. The van der Waals surface area contributed by atoms with Gasteiger partial charge in [0.1, 0.15) is 0 Å². The van der Waals surface area contributed by atoms with Gasteiger partial charge in [0.2, 0.25) is 10.0 Å². The van der Waals surface area contributed by atoms with Crippen LogP contribution in [0.2, 0.25) is 0 Å². The zero-order chi connectivity index (χ0) is 10.9. The molecule has 2 saturated heterocycles. The van der Waals surface area contributed by atoms with Crippen LogP contribution >= 0.6 is 0 Å². The van der Waals surface area contributed by atoms with E-state index in [-0.39, 0.29) is 0 Å². The van der Waals surface area contributed by atoms with E-state index in [1.165, 1.54) is 6.42 Å². The number of fused-ring (bicyclic) bond motifs is 1. The molecule has 15 heavy (non-hydrogen) atoms. The molecule has 0 aromatic carbocycles. The van der Waals surface area contributed by atoms with Crippen LogP contribution < -0.4 is 0 Å². The van der Waals surface area contributed by atoms with Gasteiger partial charge in [0.05, 0.1) is 5.75 Å². The van der Waals surface area contributed by atoms with Gasteiger partial charge in [-0.2, -0.15) is 4.31 Å². The summed E-state index contributed by atoms with van der Waals surface area (Å²) in [6.07, 6.45) is 3.11. The van der Waals surface area contributed by atoms with Crippen molar-refractivity contribution in [1.29, 1.82) is 0 Å². The molecule has 0 unspecified atom stereocenters. The summed E-state index contributed by atoms with van der Waals surface area (Å²) >= 11 is 0. The minimum Gasteiger partial charge on any atom is -0.298 e. The van der Waals surface area contributed by atoms with Crippen molar-refractivity contribution in [1.82, 2.24) is 9.21 Å². The van der Waals surface area contributed by atoms with Gasteiger partial charge in [-0.05, 0) is 25.8 Å². The lowest BCUT2D eigenvalue weighted by molar-refractivity contribution is 0.158. The molecule has 0 saturated carbocycles. The van der Waals surface area contributed by atoms with Gasteiger partial charge in [-0.3, -0.25) is 4.90 Å². The number of piperazine rings is 1. The lowest BCUT2D eigenvalue weighted by Crippen LogP contribution is -2.52. The molecule has 88 valence electrons. The Morgan fingerprint density at radius 1 is 1.27 bits per heavy atom. The smallest absolute Gasteiger partial charge is 0.214 e. The van der Waals surface area contributed by atoms with E-state index in [1.807, 2.05) is 6.92 Å². The highest BCUT2D eigenvalue weighted by atomic mass is 32.2. The van der Waals surface area contributed by atoms with Crippen LogP contribution in [0.3, 0.4) is 0 Å². The van der Waals surface area contributed by atoms with Crippen LogP contribution in [0.4, 0.5) is 0 Å². The van der Waals surface area contributed by atoms with E-state index in [9.17, 15) is 8.42 Å². The third-order valence-corrected chi connectivity index (χ3v) is 5.45. The Bertz CT molecular complexity index is 315. The molecule has 2 aliphatic rings. The topological polar surface area (TPSA) is 40.6 Å². The van der Waals surface area contributed by atoms with E-state index in [2.05, 4.69) is 4.90 Å². The molecule has 2 fully saturated rings. The van der Waals surface area contributed by atoms with Gasteiger partial charge in [-0.1, -0.05) is 6.92 Å². The molecule has 1 atom stereocenters. The maximum absolute atomic E-state index is 11.9. The highest BCUT2D eigenvalue weighted by Gasteiger charge is 2.34. The molecule has 0 bridgehead atoms. The Morgan fingerprint density at radius 3 is 2.80 bits per heavy atom. The van der Waals surface area contributed by atoms with Gasteiger partial charge >= 0.3 is 0 Å². The van der Waals surface area contributed by atoms with Crippen molar-refractivity contribution in [2.45, 2.75) is 32.2 Å².